The van der Waals surface area contributed by atoms with Crippen LogP contribution in [0.5, 0.6) is 0 Å². The van der Waals surface area contributed by atoms with Crippen LogP contribution in [0.15, 0.2) is 203 Å². The van der Waals surface area contributed by atoms with Crippen molar-refractivity contribution < 1.29 is 4.79 Å². The van der Waals surface area contributed by atoms with Crippen LogP contribution in [0.3, 0.4) is 0 Å². The summed E-state index contributed by atoms with van der Waals surface area (Å²) in [5.74, 6) is 0.0314. The van der Waals surface area contributed by atoms with E-state index in [1.165, 1.54) is 44.5 Å². The van der Waals surface area contributed by atoms with Gasteiger partial charge in [0.05, 0.1) is 10.8 Å². The van der Waals surface area contributed by atoms with Crippen LogP contribution in [0, 0.1) is 0 Å². The molecule has 2 aliphatic carbocycles. The highest BCUT2D eigenvalue weighted by molar-refractivity contribution is 9.10. The zero-order chi connectivity index (χ0) is 37.9. The summed E-state index contributed by atoms with van der Waals surface area (Å²) >= 11 is 7.89. The van der Waals surface area contributed by atoms with E-state index in [4.69, 9.17) is 0 Å². The molecule has 0 aliphatic heterocycles. The number of benzene rings is 8. The van der Waals surface area contributed by atoms with Crippen LogP contribution >= 0.6 is 31.9 Å². The van der Waals surface area contributed by atoms with E-state index >= 15 is 4.79 Å². The predicted molar refractivity (Wildman–Crippen MR) is 234 cm³/mol. The van der Waals surface area contributed by atoms with Gasteiger partial charge in [0.2, 0.25) is 0 Å². The molecule has 8 aromatic rings. The maximum absolute atomic E-state index is 15.8. The summed E-state index contributed by atoms with van der Waals surface area (Å²) in [5, 5.41) is 0. The minimum Gasteiger partial charge on any atom is -0.289 e. The molecule has 0 saturated heterocycles. The molecule has 3 heteroatoms. The molecule has 0 bridgehead atoms. The van der Waals surface area contributed by atoms with Crippen molar-refractivity contribution in [3.8, 4) is 0 Å². The highest BCUT2D eigenvalue weighted by Gasteiger charge is 2.47. The molecule has 56 heavy (non-hydrogen) atoms. The van der Waals surface area contributed by atoms with Crippen molar-refractivity contribution in [3.05, 3.63) is 281 Å². The van der Waals surface area contributed by atoms with Crippen LogP contribution in [0.4, 0.5) is 0 Å². The first-order valence-corrected chi connectivity index (χ1v) is 20.7. The number of carbonyl (C=O) groups excluding carboxylic acids is 1. The number of hydrogen-bond acceptors (Lipinski definition) is 1. The standard InChI is InChI=1S/C53H36Br2O/c54-41-31-45(43-29-35-17-13-15-27-47(35)52(49(43)33-41,37-19-5-1-6-20-37)38-21-7-2-8-22-38)51(56)46-32-42(55)34-50-44(46)30-36-18-14-16-28-48(36)53(50,39-23-9-3-10-24-39)40-25-11-4-12-26-40/h1-28,31-34H,29-30H2. The Morgan fingerprint density at radius 3 is 1.02 bits per heavy atom. The van der Waals surface area contributed by atoms with Gasteiger partial charge in [-0.3, -0.25) is 4.79 Å². The van der Waals surface area contributed by atoms with Crippen LogP contribution in [-0.4, -0.2) is 5.78 Å². The van der Waals surface area contributed by atoms with E-state index in [-0.39, 0.29) is 5.78 Å². The smallest absolute Gasteiger partial charge is 0.193 e. The number of fused-ring (bicyclic) bond motifs is 4. The van der Waals surface area contributed by atoms with Crippen molar-refractivity contribution in [1.29, 1.82) is 0 Å². The first-order chi connectivity index (χ1) is 27.5. The zero-order valence-electron chi connectivity index (χ0n) is 30.6. The summed E-state index contributed by atoms with van der Waals surface area (Å²) in [4.78, 5) is 15.8. The summed E-state index contributed by atoms with van der Waals surface area (Å²) in [7, 11) is 0. The molecule has 8 aromatic carbocycles. The lowest BCUT2D eigenvalue weighted by molar-refractivity contribution is 0.103. The van der Waals surface area contributed by atoms with Gasteiger partial charge in [0, 0.05) is 20.1 Å². The first-order valence-electron chi connectivity index (χ1n) is 19.1. The Hall–Kier alpha value is -5.61. The number of carbonyl (C=O) groups is 1. The molecule has 0 amide bonds. The van der Waals surface area contributed by atoms with E-state index < -0.39 is 10.8 Å². The van der Waals surface area contributed by atoms with Crippen LogP contribution in [0.1, 0.15) is 82.7 Å². The second-order valence-electron chi connectivity index (χ2n) is 14.9. The topological polar surface area (TPSA) is 17.1 Å². The first kappa shape index (κ1) is 34.8. The van der Waals surface area contributed by atoms with Gasteiger partial charge in [-0.15, -0.1) is 0 Å². The normalized spacial score (nSPS) is 14.5. The quantitative estimate of drug-likeness (QED) is 0.152. The van der Waals surface area contributed by atoms with Crippen LogP contribution in [0.2, 0.25) is 0 Å². The van der Waals surface area contributed by atoms with E-state index in [1.807, 2.05) is 0 Å². The lowest BCUT2D eigenvalue weighted by Gasteiger charge is -2.43. The van der Waals surface area contributed by atoms with Gasteiger partial charge in [0.1, 0.15) is 0 Å². The maximum Gasteiger partial charge on any atom is 0.193 e. The Balaban J connectivity index is 1.27. The summed E-state index contributed by atoms with van der Waals surface area (Å²) in [6.07, 6.45) is 1.30. The number of hydrogen-bond donors (Lipinski definition) is 0. The van der Waals surface area contributed by atoms with Crippen molar-refractivity contribution in [2.75, 3.05) is 0 Å². The van der Waals surface area contributed by atoms with Gasteiger partial charge >= 0.3 is 0 Å². The van der Waals surface area contributed by atoms with Crippen LogP contribution in [-0.2, 0) is 23.7 Å². The Morgan fingerprint density at radius 2 is 0.679 bits per heavy atom. The second-order valence-corrected chi connectivity index (χ2v) is 16.8. The van der Waals surface area contributed by atoms with Crippen molar-refractivity contribution in [3.63, 3.8) is 0 Å². The van der Waals surface area contributed by atoms with Gasteiger partial charge in [-0.25, -0.2) is 0 Å². The molecule has 0 heterocycles. The largest absolute Gasteiger partial charge is 0.289 e. The fourth-order valence-electron chi connectivity index (χ4n) is 9.96. The van der Waals surface area contributed by atoms with Gasteiger partial charge in [-0.2, -0.15) is 0 Å². The van der Waals surface area contributed by atoms with Gasteiger partial charge < -0.3 is 0 Å². The van der Waals surface area contributed by atoms with E-state index in [9.17, 15) is 0 Å². The maximum atomic E-state index is 15.8. The third-order valence-electron chi connectivity index (χ3n) is 12.1. The fraction of sp³-hybridized carbons (Fsp3) is 0.0755. The van der Waals surface area contributed by atoms with Gasteiger partial charge in [0.25, 0.3) is 0 Å². The highest BCUT2D eigenvalue weighted by Crippen LogP contribution is 2.54. The fourth-order valence-corrected chi connectivity index (χ4v) is 10.9. The Labute approximate surface area is 345 Å². The summed E-state index contributed by atoms with van der Waals surface area (Å²) in [6.45, 7) is 0. The Bertz CT molecular complexity index is 2500. The van der Waals surface area contributed by atoms with Gasteiger partial charge in [0.15, 0.2) is 5.78 Å². The molecule has 0 N–H and O–H groups in total. The molecule has 0 unspecified atom stereocenters. The number of rotatable bonds is 6. The average Bonchev–Trinajstić information content (AvgIpc) is 3.25. The summed E-state index contributed by atoms with van der Waals surface area (Å²) < 4.78 is 1.76. The lowest BCUT2D eigenvalue weighted by atomic mass is 9.58. The molecular weight excluding hydrogens is 812 g/mol. The van der Waals surface area contributed by atoms with Crippen LogP contribution < -0.4 is 0 Å². The summed E-state index contributed by atoms with van der Waals surface area (Å²) in [6, 6.07) is 69.3. The molecule has 0 radical (unpaired) electrons. The summed E-state index contributed by atoms with van der Waals surface area (Å²) in [5.41, 5.74) is 14.2. The third-order valence-corrected chi connectivity index (χ3v) is 13.0. The average molecular weight is 849 g/mol. The van der Waals surface area contributed by atoms with Crippen LogP contribution in [0.25, 0.3) is 0 Å². The molecule has 0 spiro atoms. The molecule has 2 aliphatic rings. The monoisotopic (exact) mass is 846 g/mol. The second kappa shape index (κ2) is 13.8. The highest BCUT2D eigenvalue weighted by atomic mass is 79.9. The molecule has 268 valence electrons. The minimum absolute atomic E-state index is 0.0314. The molecule has 0 aromatic heterocycles. The van der Waals surface area contributed by atoms with E-state index in [0.29, 0.717) is 12.8 Å². The number of halogens is 2. The molecular formula is C53H36Br2O. The molecule has 0 fully saturated rings. The van der Waals surface area contributed by atoms with Crippen molar-refractivity contribution >= 4 is 37.6 Å². The third kappa shape index (κ3) is 5.21. The Kier molecular flexibility index (Phi) is 8.62. The Morgan fingerprint density at radius 1 is 0.375 bits per heavy atom. The molecule has 10 rings (SSSR count). The molecule has 0 saturated carbocycles. The van der Waals surface area contributed by atoms with E-state index in [0.717, 1.165) is 42.3 Å². The van der Waals surface area contributed by atoms with Crippen molar-refractivity contribution in [2.45, 2.75) is 23.7 Å². The van der Waals surface area contributed by atoms with Crippen molar-refractivity contribution in [2.24, 2.45) is 0 Å². The SMILES string of the molecule is O=C(c1cc(Br)cc2c1Cc1ccccc1C2(c1ccccc1)c1ccccc1)c1cc(Br)cc2c1Cc1ccccc1C2(c1ccccc1)c1ccccc1. The predicted octanol–water partition coefficient (Wildman–Crippen LogP) is 13.0. The van der Waals surface area contributed by atoms with Gasteiger partial charge in [-0.05, 0) is 104 Å². The van der Waals surface area contributed by atoms with E-state index in [1.54, 1.807) is 0 Å². The lowest BCUT2D eigenvalue weighted by Crippen LogP contribution is -2.37. The van der Waals surface area contributed by atoms with Crippen molar-refractivity contribution in [1.82, 2.24) is 0 Å². The minimum atomic E-state index is -0.642. The number of ketones is 1. The zero-order valence-corrected chi connectivity index (χ0v) is 33.7. The molecule has 1 nitrogen and oxygen atoms in total. The molecule has 0 atom stereocenters. The van der Waals surface area contributed by atoms with Gasteiger partial charge in [-0.1, -0.05) is 202 Å². The van der Waals surface area contributed by atoms with E-state index in [2.05, 4.69) is 226 Å².